The summed E-state index contributed by atoms with van der Waals surface area (Å²) in [5.41, 5.74) is 0. The smallest absolute Gasteiger partial charge is 0.306 e. The maximum absolute atomic E-state index is 12.8. The fraction of sp³-hybridized carbons (Fsp3) is 0.865. The van der Waals surface area contributed by atoms with E-state index in [4.69, 9.17) is 18.9 Å². The monoisotopic (exact) mass is 865 g/mol. The molecule has 6 atom stereocenters. The molecule has 0 radical (unpaired) electrons. The van der Waals surface area contributed by atoms with Gasteiger partial charge in [0.05, 0.1) is 19.8 Å². The first-order valence-electron chi connectivity index (χ1n) is 25.6. The van der Waals surface area contributed by atoms with Gasteiger partial charge in [-0.15, -0.1) is 0 Å². The highest BCUT2D eigenvalue weighted by Gasteiger charge is 2.44. The van der Waals surface area contributed by atoms with E-state index >= 15 is 0 Å². The van der Waals surface area contributed by atoms with Crippen LogP contribution in [0.3, 0.4) is 0 Å². The van der Waals surface area contributed by atoms with Crippen molar-refractivity contribution in [3.8, 4) is 0 Å². The molecule has 0 spiro atoms. The SMILES string of the molecule is CCCCCCC/C=C\C/C=C\C/C=C\CCCCCCCCC(=O)OC(COCCCCCCCCCCCCCCCCCCC)COC1OC(CO)C(O)C(O)C1O. The van der Waals surface area contributed by atoms with E-state index in [1.165, 1.54) is 148 Å². The van der Waals surface area contributed by atoms with Gasteiger partial charge in [0.25, 0.3) is 0 Å². The van der Waals surface area contributed by atoms with Crippen molar-refractivity contribution in [2.45, 2.75) is 263 Å². The Balaban J connectivity index is 2.22. The lowest BCUT2D eigenvalue weighted by molar-refractivity contribution is -0.305. The lowest BCUT2D eigenvalue weighted by Crippen LogP contribution is -2.59. The Bertz CT molecular complexity index is 1030. The predicted octanol–water partition coefficient (Wildman–Crippen LogP) is 12.3. The predicted molar refractivity (Wildman–Crippen MR) is 252 cm³/mol. The molecular formula is C52H96O9. The lowest BCUT2D eigenvalue weighted by Gasteiger charge is -2.39. The number of rotatable bonds is 44. The zero-order valence-electron chi connectivity index (χ0n) is 39.4. The van der Waals surface area contributed by atoms with E-state index in [1.54, 1.807) is 0 Å². The maximum Gasteiger partial charge on any atom is 0.306 e. The zero-order valence-corrected chi connectivity index (χ0v) is 39.4. The first-order valence-corrected chi connectivity index (χ1v) is 25.6. The van der Waals surface area contributed by atoms with E-state index in [9.17, 15) is 25.2 Å². The molecular weight excluding hydrogens is 769 g/mol. The Morgan fingerprint density at radius 3 is 1.43 bits per heavy atom. The molecule has 1 rings (SSSR count). The van der Waals surface area contributed by atoms with Crippen LogP contribution in [0.2, 0.25) is 0 Å². The second-order valence-electron chi connectivity index (χ2n) is 17.6. The van der Waals surface area contributed by atoms with E-state index in [2.05, 4.69) is 50.3 Å². The van der Waals surface area contributed by atoms with Gasteiger partial charge < -0.3 is 39.4 Å². The van der Waals surface area contributed by atoms with Crippen LogP contribution in [0.25, 0.3) is 0 Å². The average Bonchev–Trinajstić information content (AvgIpc) is 3.26. The van der Waals surface area contributed by atoms with Gasteiger partial charge in [-0.05, 0) is 51.4 Å². The van der Waals surface area contributed by atoms with Crippen molar-refractivity contribution in [3.63, 3.8) is 0 Å². The quantitative estimate of drug-likeness (QED) is 0.0268. The minimum absolute atomic E-state index is 0.116. The van der Waals surface area contributed by atoms with Crippen molar-refractivity contribution in [2.24, 2.45) is 0 Å². The third kappa shape index (κ3) is 34.5. The summed E-state index contributed by atoms with van der Waals surface area (Å²) in [7, 11) is 0. The normalized spacial score (nSPS) is 20.1. The maximum atomic E-state index is 12.8. The van der Waals surface area contributed by atoms with Crippen molar-refractivity contribution in [1.82, 2.24) is 0 Å². The first kappa shape index (κ1) is 57.4. The topological polar surface area (TPSA) is 135 Å². The van der Waals surface area contributed by atoms with E-state index in [1.807, 2.05) is 0 Å². The second kappa shape index (κ2) is 43.7. The number of unbranched alkanes of at least 4 members (excludes halogenated alkanes) is 27. The molecule has 0 aliphatic carbocycles. The minimum Gasteiger partial charge on any atom is -0.457 e. The van der Waals surface area contributed by atoms with Crippen LogP contribution >= 0.6 is 0 Å². The Kier molecular flexibility index (Phi) is 41.1. The van der Waals surface area contributed by atoms with Crippen LogP contribution in [0.15, 0.2) is 36.5 Å². The molecule has 0 saturated carbocycles. The van der Waals surface area contributed by atoms with Crippen LogP contribution in [-0.4, -0.2) is 89.6 Å². The van der Waals surface area contributed by atoms with Crippen LogP contribution in [0, 0.1) is 0 Å². The fourth-order valence-corrected chi connectivity index (χ4v) is 7.79. The summed E-state index contributed by atoms with van der Waals surface area (Å²) in [4.78, 5) is 12.8. The summed E-state index contributed by atoms with van der Waals surface area (Å²) in [6.07, 6.45) is 46.0. The molecule has 0 bridgehead atoms. The number of aliphatic hydroxyl groups excluding tert-OH is 4. The number of carbonyl (C=O) groups is 1. The Morgan fingerprint density at radius 1 is 0.525 bits per heavy atom. The molecule has 0 amide bonds. The molecule has 0 aromatic carbocycles. The van der Waals surface area contributed by atoms with Crippen LogP contribution in [0.1, 0.15) is 226 Å². The van der Waals surface area contributed by atoms with Gasteiger partial charge in [0.1, 0.15) is 30.5 Å². The first-order chi connectivity index (χ1) is 29.9. The van der Waals surface area contributed by atoms with Crippen LogP contribution in [-0.2, 0) is 23.7 Å². The average molecular weight is 865 g/mol. The van der Waals surface area contributed by atoms with Gasteiger partial charge in [0.2, 0.25) is 0 Å². The summed E-state index contributed by atoms with van der Waals surface area (Å²) in [6, 6.07) is 0. The molecule has 9 heteroatoms. The number of aliphatic hydroxyl groups is 4. The highest BCUT2D eigenvalue weighted by molar-refractivity contribution is 5.69. The summed E-state index contributed by atoms with van der Waals surface area (Å²) in [6.45, 7) is 4.57. The molecule has 1 heterocycles. The summed E-state index contributed by atoms with van der Waals surface area (Å²) in [5.74, 6) is -0.322. The molecule has 0 aromatic heterocycles. The van der Waals surface area contributed by atoms with Gasteiger partial charge in [-0.25, -0.2) is 0 Å². The Hall–Kier alpha value is -1.59. The number of ether oxygens (including phenoxy) is 4. The van der Waals surface area contributed by atoms with E-state index in [0.717, 1.165) is 57.8 Å². The van der Waals surface area contributed by atoms with Gasteiger partial charge in [-0.3, -0.25) is 4.79 Å². The fourth-order valence-electron chi connectivity index (χ4n) is 7.79. The number of esters is 1. The molecule has 1 aliphatic heterocycles. The largest absolute Gasteiger partial charge is 0.457 e. The van der Waals surface area contributed by atoms with Crippen LogP contribution in [0.4, 0.5) is 0 Å². The van der Waals surface area contributed by atoms with Crippen LogP contribution in [0.5, 0.6) is 0 Å². The standard InChI is InChI=1S/C52H96O9/c1-3-5-7-9-11-13-15-17-19-21-22-23-24-25-27-29-31-33-35-37-39-41-48(54)60-46(45-59-52-51(57)50(56)49(55)47(43-53)61-52)44-58-42-40-38-36-34-32-30-28-26-20-18-16-14-12-10-8-6-4-2/h15,17,21-22,24-25,46-47,49-53,55-57H,3-14,16,18-20,23,26-45H2,1-2H3/b17-15-,22-21-,25-24-. The Labute approximate surface area is 374 Å². The van der Waals surface area contributed by atoms with Crippen molar-refractivity contribution in [2.75, 3.05) is 26.4 Å². The molecule has 1 aliphatic rings. The van der Waals surface area contributed by atoms with Gasteiger partial charge >= 0.3 is 5.97 Å². The van der Waals surface area contributed by atoms with E-state index < -0.39 is 43.4 Å². The van der Waals surface area contributed by atoms with Crippen molar-refractivity contribution >= 4 is 5.97 Å². The molecule has 6 unspecified atom stereocenters. The molecule has 358 valence electrons. The highest BCUT2D eigenvalue weighted by atomic mass is 16.7. The van der Waals surface area contributed by atoms with Gasteiger partial charge in [-0.2, -0.15) is 0 Å². The van der Waals surface area contributed by atoms with Gasteiger partial charge in [-0.1, -0.05) is 204 Å². The van der Waals surface area contributed by atoms with Crippen molar-refractivity contribution in [3.05, 3.63) is 36.5 Å². The molecule has 4 N–H and O–H groups in total. The van der Waals surface area contributed by atoms with Crippen molar-refractivity contribution < 1.29 is 44.2 Å². The summed E-state index contributed by atoms with van der Waals surface area (Å²) < 4.78 is 22.9. The van der Waals surface area contributed by atoms with Crippen LogP contribution < -0.4 is 0 Å². The molecule has 1 saturated heterocycles. The second-order valence-corrected chi connectivity index (χ2v) is 17.6. The third-order valence-corrected chi connectivity index (χ3v) is 11.8. The Morgan fingerprint density at radius 2 is 0.951 bits per heavy atom. The molecule has 9 nitrogen and oxygen atoms in total. The molecule has 0 aromatic rings. The van der Waals surface area contributed by atoms with Gasteiger partial charge in [0.15, 0.2) is 6.29 Å². The number of hydrogen-bond donors (Lipinski definition) is 4. The van der Waals surface area contributed by atoms with Gasteiger partial charge in [0, 0.05) is 13.0 Å². The summed E-state index contributed by atoms with van der Waals surface area (Å²) >= 11 is 0. The zero-order chi connectivity index (χ0) is 44.3. The summed E-state index contributed by atoms with van der Waals surface area (Å²) in [5, 5.41) is 40.2. The third-order valence-electron chi connectivity index (χ3n) is 11.8. The highest BCUT2D eigenvalue weighted by Crippen LogP contribution is 2.23. The molecule has 1 fully saturated rings. The lowest BCUT2D eigenvalue weighted by atomic mass is 9.99. The van der Waals surface area contributed by atoms with Crippen molar-refractivity contribution in [1.29, 1.82) is 0 Å². The van der Waals surface area contributed by atoms with E-state index in [-0.39, 0.29) is 19.2 Å². The number of allylic oxidation sites excluding steroid dienone is 6. The minimum atomic E-state index is -1.54. The number of hydrogen-bond acceptors (Lipinski definition) is 9. The van der Waals surface area contributed by atoms with E-state index in [0.29, 0.717) is 13.0 Å². The number of carbonyl (C=O) groups excluding carboxylic acids is 1. The molecule has 61 heavy (non-hydrogen) atoms.